The van der Waals surface area contributed by atoms with Gasteiger partial charge in [0.2, 0.25) is 0 Å². The summed E-state index contributed by atoms with van der Waals surface area (Å²) in [6.07, 6.45) is 0.440. The van der Waals surface area contributed by atoms with E-state index in [1.165, 1.54) is 6.08 Å². The van der Waals surface area contributed by atoms with Crippen LogP contribution in [0.4, 0.5) is 4.79 Å². The van der Waals surface area contributed by atoms with Crippen LogP contribution in [0.15, 0.2) is 12.7 Å². The zero-order chi connectivity index (χ0) is 6.57. The van der Waals surface area contributed by atoms with Crippen LogP contribution in [0.2, 0.25) is 0 Å². The van der Waals surface area contributed by atoms with Crippen molar-refractivity contribution in [2.24, 2.45) is 5.73 Å². The fourth-order valence-corrected chi connectivity index (χ4v) is 0.231. The van der Waals surface area contributed by atoms with Gasteiger partial charge in [-0.3, -0.25) is 0 Å². The van der Waals surface area contributed by atoms with E-state index in [2.05, 4.69) is 17.0 Å². The van der Waals surface area contributed by atoms with E-state index in [0.717, 1.165) is 0 Å². The molecule has 1 amide bonds. The first-order chi connectivity index (χ1) is 3.66. The van der Waals surface area contributed by atoms with E-state index >= 15 is 0 Å². The maximum Gasteiger partial charge on any atom is 0.405 e. The Morgan fingerprint density at radius 3 is 2.62 bits per heavy atom. The maximum atomic E-state index is 9.92. The van der Waals surface area contributed by atoms with Crippen LogP contribution in [0.3, 0.4) is 0 Å². The zero-order valence-corrected chi connectivity index (χ0v) is 4.76. The summed E-state index contributed by atoms with van der Waals surface area (Å²) >= 11 is 0. The van der Waals surface area contributed by atoms with Crippen LogP contribution in [-0.2, 0) is 4.74 Å². The molecule has 1 atom stereocenters. The summed E-state index contributed by atoms with van der Waals surface area (Å²) in [5.41, 5.74) is 4.66. The molecule has 0 spiro atoms. The van der Waals surface area contributed by atoms with Crippen molar-refractivity contribution in [2.75, 3.05) is 0 Å². The topological polar surface area (TPSA) is 52.3 Å². The molecule has 0 aliphatic heterocycles. The molecule has 0 aliphatic rings. The molecule has 8 heavy (non-hydrogen) atoms. The van der Waals surface area contributed by atoms with Crippen LogP contribution in [-0.4, -0.2) is 12.2 Å². The fraction of sp³-hybridized carbons (Fsp3) is 0.400. The molecule has 0 bridgehead atoms. The smallest absolute Gasteiger partial charge is 0.405 e. The summed E-state index contributed by atoms with van der Waals surface area (Å²) in [5, 5.41) is 0. The number of rotatable bonds is 2. The number of ether oxygens (including phenoxy) is 1. The number of hydrogen-bond donors (Lipinski definition) is 1. The molecule has 2 N–H and O–H groups in total. The van der Waals surface area contributed by atoms with Gasteiger partial charge in [0.25, 0.3) is 0 Å². The van der Waals surface area contributed by atoms with Gasteiger partial charge in [-0.2, -0.15) is 0 Å². The Bertz CT molecular complexity index is 101. The van der Waals surface area contributed by atoms with Crippen LogP contribution >= 0.6 is 0 Å². The van der Waals surface area contributed by atoms with Crippen LogP contribution in [0.5, 0.6) is 0 Å². The molecule has 0 aromatic heterocycles. The molecule has 0 saturated carbocycles. The Labute approximate surface area is 48.1 Å². The van der Waals surface area contributed by atoms with Crippen molar-refractivity contribution in [1.82, 2.24) is 0 Å². The minimum Gasteiger partial charge on any atom is -0.442 e. The van der Waals surface area contributed by atoms with E-state index in [1.807, 2.05) is 0 Å². The van der Waals surface area contributed by atoms with Gasteiger partial charge in [-0.1, -0.05) is 12.7 Å². The van der Waals surface area contributed by atoms with Crippen LogP contribution in [0, 0.1) is 0 Å². The molecule has 0 aromatic rings. The van der Waals surface area contributed by atoms with Gasteiger partial charge in [-0.15, -0.1) is 0 Å². The highest BCUT2D eigenvalue weighted by molar-refractivity contribution is 5.64. The first kappa shape index (κ1) is 7.01. The van der Waals surface area contributed by atoms with Crippen molar-refractivity contribution < 1.29 is 9.53 Å². The molecule has 3 heteroatoms. The molecule has 0 aliphatic carbocycles. The van der Waals surface area contributed by atoms with Crippen LogP contribution < -0.4 is 5.73 Å². The van der Waals surface area contributed by atoms with Gasteiger partial charge in [0.05, 0.1) is 0 Å². The van der Waals surface area contributed by atoms with Crippen molar-refractivity contribution in [2.45, 2.75) is 13.0 Å². The first-order valence-electron chi connectivity index (χ1n) is 2.25. The zero-order valence-electron chi connectivity index (χ0n) is 4.76. The summed E-state index contributed by atoms with van der Waals surface area (Å²) in [5.74, 6) is 0. The van der Waals surface area contributed by atoms with E-state index in [-0.39, 0.29) is 6.10 Å². The van der Waals surface area contributed by atoms with E-state index < -0.39 is 6.09 Å². The number of carbonyl (C=O) groups is 1. The average molecular weight is 115 g/mol. The molecule has 0 rings (SSSR count). The van der Waals surface area contributed by atoms with Crippen molar-refractivity contribution in [1.29, 1.82) is 0 Å². The molecular weight excluding hydrogens is 106 g/mol. The number of nitrogens with two attached hydrogens (primary N) is 1. The lowest BCUT2D eigenvalue weighted by molar-refractivity contribution is 0.137. The lowest BCUT2D eigenvalue weighted by Crippen LogP contribution is -2.18. The Morgan fingerprint density at radius 1 is 2.00 bits per heavy atom. The minimum atomic E-state index is -0.766. The molecular formula is C5H9NO2. The maximum absolute atomic E-state index is 9.92. The second-order valence-electron chi connectivity index (χ2n) is 1.38. The Hall–Kier alpha value is -0.990. The highest BCUT2D eigenvalue weighted by Crippen LogP contribution is 1.88. The van der Waals surface area contributed by atoms with Gasteiger partial charge in [0.1, 0.15) is 6.10 Å². The predicted molar refractivity (Wildman–Crippen MR) is 30.3 cm³/mol. The summed E-state index contributed by atoms with van der Waals surface area (Å²) in [6.45, 7) is 5.06. The van der Waals surface area contributed by atoms with Crippen LogP contribution in [0.1, 0.15) is 6.92 Å². The Morgan fingerprint density at radius 2 is 2.50 bits per heavy atom. The van der Waals surface area contributed by atoms with E-state index in [4.69, 9.17) is 0 Å². The predicted octanol–water partition coefficient (Wildman–Crippen LogP) is 0.656. The summed E-state index contributed by atoms with van der Waals surface area (Å²) in [4.78, 5) is 9.92. The van der Waals surface area contributed by atoms with E-state index in [1.54, 1.807) is 6.92 Å². The lowest BCUT2D eigenvalue weighted by Gasteiger charge is -2.02. The highest BCUT2D eigenvalue weighted by Gasteiger charge is 1.97. The summed E-state index contributed by atoms with van der Waals surface area (Å²) in [7, 11) is 0. The quantitative estimate of drug-likeness (QED) is 0.537. The SMILES string of the molecule is C=C[C@@H](C)OC(N)=O. The van der Waals surface area contributed by atoms with E-state index in [0.29, 0.717) is 0 Å². The van der Waals surface area contributed by atoms with Crippen molar-refractivity contribution >= 4 is 6.09 Å². The average Bonchev–Trinajstić information content (AvgIpc) is 1.65. The molecule has 0 unspecified atom stereocenters. The van der Waals surface area contributed by atoms with Crippen molar-refractivity contribution in [3.05, 3.63) is 12.7 Å². The number of primary amides is 1. The summed E-state index contributed by atoms with van der Waals surface area (Å²) in [6, 6.07) is 0. The molecule has 0 heterocycles. The second kappa shape index (κ2) is 3.07. The number of hydrogen-bond acceptors (Lipinski definition) is 2. The third-order valence-electron chi connectivity index (χ3n) is 0.634. The fourth-order valence-electron chi connectivity index (χ4n) is 0.231. The van der Waals surface area contributed by atoms with Gasteiger partial charge >= 0.3 is 6.09 Å². The van der Waals surface area contributed by atoms with Gasteiger partial charge in [0, 0.05) is 0 Å². The highest BCUT2D eigenvalue weighted by atomic mass is 16.6. The van der Waals surface area contributed by atoms with Gasteiger partial charge in [0.15, 0.2) is 0 Å². The van der Waals surface area contributed by atoms with Crippen molar-refractivity contribution in [3.63, 3.8) is 0 Å². The standard InChI is InChI=1S/C5H9NO2/c1-3-4(2)8-5(6)7/h3-4H,1H2,2H3,(H2,6,7)/t4-/m1/s1. The largest absolute Gasteiger partial charge is 0.442 e. The van der Waals surface area contributed by atoms with Gasteiger partial charge < -0.3 is 10.5 Å². The lowest BCUT2D eigenvalue weighted by atomic mass is 10.4. The number of carbonyl (C=O) groups excluding carboxylic acids is 1. The molecule has 0 aromatic carbocycles. The molecule has 0 fully saturated rings. The minimum absolute atomic E-state index is 0.285. The second-order valence-corrected chi connectivity index (χ2v) is 1.38. The van der Waals surface area contributed by atoms with Crippen LogP contribution in [0.25, 0.3) is 0 Å². The molecule has 0 radical (unpaired) electrons. The third kappa shape index (κ3) is 3.21. The van der Waals surface area contributed by atoms with Crippen molar-refractivity contribution in [3.8, 4) is 0 Å². The first-order valence-corrected chi connectivity index (χ1v) is 2.25. The Balaban J connectivity index is 3.38. The van der Waals surface area contributed by atoms with Gasteiger partial charge in [-0.05, 0) is 6.92 Å². The molecule has 3 nitrogen and oxygen atoms in total. The molecule has 0 saturated heterocycles. The number of amides is 1. The summed E-state index contributed by atoms with van der Waals surface area (Å²) < 4.78 is 4.42. The Kier molecular flexibility index (Phi) is 2.69. The normalized spacial score (nSPS) is 12.1. The van der Waals surface area contributed by atoms with E-state index in [9.17, 15) is 4.79 Å². The molecule has 46 valence electrons. The van der Waals surface area contributed by atoms with Gasteiger partial charge in [-0.25, -0.2) is 4.79 Å². The third-order valence-corrected chi connectivity index (χ3v) is 0.634. The monoisotopic (exact) mass is 115 g/mol.